The van der Waals surface area contributed by atoms with Crippen LogP contribution in [0.4, 0.5) is 13.6 Å². The maximum atomic E-state index is 12.9. The van der Waals surface area contributed by atoms with E-state index in [9.17, 15) is 13.6 Å². The minimum absolute atomic E-state index is 0.253. The van der Waals surface area contributed by atoms with E-state index in [0.717, 1.165) is 11.1 Å². The molecule has 1 aliphatic heterocycles. The molecule has 3 rings (SSSR count). The van der Waals surface area contributed by atoms with E-state index >= 15 is 0 Å². The Morgan fingerprint density at radius 1 is 1.33 bits per heavy atom. The van der Waals surface area contributed by atoms with Crippen LogP contribution in [-0.4, -0.2) is 32.9 Å². The molecule has 0 fully saturated rings. The zero-order chi connectivity index (χ0) is 19.6. The zero-order valence-electron chi connectivity index (χ0n) is 15.7. The van der Waals surface area contributed by atoms with Gasteiger partial charge in [-0.25, -0.2) is 23.2 Å². The second-order valence-corrected chi connectivity index (χ2v) is 7.71. The van der Waals surface area contributed by atoms with Gasteiger partial charge < -0.3 is 10.1 Å². The largest absolute Gasteiger partial charge is 0.444 e. The number of nitrogens with one attached hydrogen (secondary N) is 1. The third-order valence-electron chi connectivity index (χ3n) is 4.31. The number of alkyl carbamates (subject to hydrolysis) is 1. The molecule has 6 nitrogen and oxygen atoms in total. The fourth-order valence-electron chi connectivity index (χ4n) is 2.93. The van der Waals surface area contributed by atoms with Gasteiger partial charge >= 0.3 is 6.09 Å². The van der Waals surface area contributed by atoms with Crippen LogP contribution in [0.15, 0.2) is 24.3 Å². The maximum absolute atomic E-state index is 12.9. The first-order valence-corrected chi connectivity index (χ1v) is 8.99. The van der Waals surface area contributed by atoms with Gasteiger partial charge in [-0.1, -0.05) is 24.3 Å². The molecule has 8 heteroatoms. The Morgan fingerprint density at radius 2 is 2.04 bits per heavy atom. The summed E-state index contributed by atoms with van der Waals surface area (Å²) in [5.74, 6) is 0.500. The minimum Gasteiger partial charge on any atom is -0.444 e. The highest BCUT2D eigenvalue weighted by molar-refractivity contribution is 5.67. The lowest BCUT2D eigenvalue weighted by Crippen LogP contribution is -2.32. The number of fused-ring (bicyclic) bond motifs is 1. The number of alkyl halides is 2. The fraction of sp³-hybridized carbons (Fsp3) is 0.526. The number of carbonyl (C=O) groups is 1. The van der Waals surface area contributed by atoms with Crippen LogP contribution in [0.25, 0.3) is 11.4 Å². The number of aromatic nitrogens is 3. The van der Waals surface area contributed by atoms with Gasteiger partial charge in [0.05, 0.1) is 0 Å². The predicted octanol–water partition coefficient (Wildman–Crippen LogP) is 3.80. The molecule has 0 spiro atoms. The number of aryl methyl sites for hydroxylation is 1. The highest BCUT2D eigenvalue weighted by Gasteiger charge is 2.28. The van der Waals surface area contributed by atoms with E-state index in [1.807, 2.05) is 45.0 Å². The number of hydrogen-bond donors (Lipinski definition) is 1. The van der Waals surface area contributed by atoms with Crippen molar-refractivity contribution in [3.63, 3.8) is 0 Å². The van der Waals surface area contributed by atoms with Crippen molar-refractivity contribution < 1.29 is 18.3 Å². The summed E-state index contributed by atoms with van der Waals surface area (Å²) in [7, 11) is 0. The summed E-state index contributed by atoms with van der Waals surface area (Å²) in [6.07, 6.45) is -2.12. The average molecular weight is 378 g/mol. The van der Waals surface area contributed by atoms with Crippen LogP contribution in [0.3, 0.4) is 0 Å². The summed E-state index contributed by atoms with van der Waals surface area (Å²) >= 11 is 0. The summed E-state index contributed by atoms with van der Waals surface area (Å²) in [6.45, 7) is 6.24. The lowest BCUT2D eigenvalue weighted by molar-refractivity contribution is 0.0523. The van der Waals surface area contributed by atoms with Gasteiger partial charge in [-0.05, 0) is 32.8 Å². The molecule has 0 aliphatic carbocycles. The Labute approximate surface area is 156 Å². The van der Waals surface area contributed by atoms with Gasteiger partial charge in [0, 0.05) is 31.0 Å². The Kier molecular flexibility index (Phi) is 5.43. The van der Waals surface area contributed by atoms with Crippen molar-refractivity contribution in [2.24, 2.45) is 5.92 Å². The Morgan fingerprint density at radius 3 is 2.67 bits per heavy atom. The summed E-state index contributed by atoms with van der Waals surface area (Å²) in [5.41, 5.74) is 1.18. The molecule has 2 aromatic rings. The predicted molar refractivity (Wildman–Crippen MR) is 96.3 cm³/mol. The molecule has 1 N–H and O–H groups in total. The number of benzene rings is 1. The number of carbonyl (C=O) groups excluding carboxylic acids is 1. The van der Waals surface area contributed by atoms with E-state index < -0.39 is 24.0 Å². The smallest absolute Gasteiger partial charge is 0.407 e. The normalized spacial score (nSPS) is 16.9. The van der Waals surface area contributed by atoms with Gasteiger partial charge in [-0.15, -0.1) is 0 Å². The molecule has 0 saturated heterocycles. The van der Waals surface area contributed by atoms with Gasteiger partial charge in [0.1, 0.15) is 11.4 Å². The van der Waals surface area contributed by atoms with Crippen molar-refractivity contribution in [3.05, 3.63) is 35.7 Å². The second-order valence-electron chi connectivity index (χ2n) is 7.71. The lowest BCUT2D eigenvalue weighted by atomic mass is 9.99. The summed E-state index contributed by atoms with van der Waals surface area (Å²) in [5, 5.41) is 7.13. The molecule has 1 amide bonds. The molecular weight excluding hydrogens is 354 g/mol. The van der Waals surface area contributed by atoms with Crippen molar-refractivity contribution in [2.45, 2.75) is 58.7 Å². The van der Waals surface area contributed by atoms with Crippen molar-refractivity contribution in [1.29, 1.82) is 0 Å². The van der Waals surface area contributed by atoms with Crippen LogP contribution >= 0.6 is 0 Å². The maximum Gasteiger partial charge on any atom is 0.407 e. The standard InChI is InChI=1S/C19H24F2N4O2/c1-19(2,3)27-18(26)22-11-12-4-6-13(7-5-12)17-23-15-10-14(16(20)21)8-9-25(15)24-17/h4-7,14,16H,8-11H2,1-3H3,(H,22,26). The van der Waals surface area contributed by atoms with Crippen LogP contribution in [0, 0.1) is 5.92 Å². The highest BCUT2D eigenvalue weighted by atomic mass is 19.3. The molecule has 1 atom stereocenters. The molecule has 1 unspecified atom stereocenters. The Hall–Kier alpha value is -2.51. The van der Waals surface area contributed by atoms with Gasteiger partial charge in [-0.2, -0.15) is 5.10 Å². The van der Waals surface area contributed by atoms with E-state index in [-0.39, 0.29) is 6.42 Å². The first-order valence-electron chi connectivity index (χ1n) is 8.99. The molecule has 1 aliphatic rings. The SMILES string of the molecule is CC(C)(C)OC(=O)NCc1ccc(-c2nc3n(n2)CCC(C(F)F)C3)cc1. The van der Waals surface area contributed by atoms with E-state index in [1.165, 1.54) is 0 Å². The van der Waals surface area contributed by atoms with Crippen LogP contribution in [0.5, 0.6) is 0 Å². The molecule has 0 bridgehead atoms. The van der Waals surface area contributed by atoms with E-state index in [1.54, 1.807) is 4.68 Å². The van der Waals surface area contributed by atoms with Crippen LogP contribution < -0.4 is 5.32 Å². The number of halogens is 2. The number of nitrogens with zero attached hydrogens (tertiary/aromatic N) is 3. The highest BCUT2D eigenvalue weighted by Crippen LogP contribution is 2.26. The van der Waals surface area contributed by atoms with Gasteiger partial charge in [0.2, 0.25) is 6.43 Å². The number of ether oxygens (including phenoxy) is 1. The zero-order valence-corrected chi connectivity index (χ0v) is 15.7. The van der Waals surface area contributed by atoms with Crippen LogP contribution in [0.2, 0.25) is 0 Å². The molecule has 0 radical (unpaired) electrons. The topological polar surface area (TPSA) is 69.0 Å². The first-order chi connectivity index (χ1) is 12.7. The van der Waals surface area contributed by atoms with Crippen LogP contribution in [0.1, 0.15) is 38.6 Å². The van der Waals surface area contributed by atoms with E-state index in [0.29, 0.717) is 31.2 Å². The Balaban J connectivity index is 1.62. The minimum atomic E-state index is -2.32. The number of hydrogen-bond acceptors (Lipinski definition) is 4. The molecule has 1 aromatic heterocycles. The molecule has 146 valence electrons. The fourth-order valence-corrected chi connectivity index (χ4v) is 2.93. The third-order valence-corrected chi connectivity index (χ3v) is 4.31. The van der Waals surface area contributed by atoms with Crippen LogP contribution in [-0.2, 0) is 24.2 Å². The quantitative estimate of drug-likeness (QED) is 0.879. The summed E-state index contributed by atoms with van der Waals surface area (Å²) in [6, 6.07) is 7.46. The third kappa shape index (κ3) is 5.02. The van der Waals surface area contributed by atoms with Crippen molar-refractivity contribution >= 4 is 6.09 Å². The van der Waals surface area contributed by atoms with Crippen molar-refractivity contribution in [3.8, 4) is 11.4 Å². The molecule has 27 heavy (non-hydrogen) atoms. The average Bonchev–Trinajstić information content (AvgIpc) is 3.02. The van der Waals surface area contributed by atoms with Crippen molar-refractivity contribution in [2.75, 3.05) is 0 Å². The lowest BCUT2D eigenvalue weighted by Gasteiger charge is -2.20. The van der Waals surface area contributed by atoms with Gasteiger partial charge in [0.25, 0.3) is 0 Å². The monoisotopic (exact) mass is 378 g/mol. The molecule has 1 aromatic carbocycles. The summed E-state index contributed by atoms with van der Waals surface area (Å²) < 4.78 is 32.7. The molecule has 0 saturated carbocycles. The van der Waals surface area contributed by atoms with E-state index in [2.05, 4.69) is 15.4 Å². The molecule has 2 heterocycles. The summed E-state index contributed by atoms with van der Waals surface area (Å²) in [4.78, 5) is 16.1. The van der Waals surface area contributed by atoms with E-state index in [4.69, 9.17) is 4.74 Å². The van der Waals surface area contributed by atoms with Gasteiger partial charge in [0.15, 0.2) is 5.82 Å². The first kappa shape index (κ1) is 19.3. The molecular formula is C19H24F2N4O2. The number of rotatable bonds is 4. The van der Waals surface area contributed by atoms with Gasteiger partial charge in [-0.3, -0.25) is 0 Å². The number of amides is 1. The second kappa shape index (κ2) is 7.62. The van der Waals surface area contributed by atoms with Crippen molar-refractivity contribution in [1.82, 2.24) is 20.1 Å². The Bertz CT molecular complexity index is 797.